The smallest absolute Gasteiger partial charge is 0.328 e. The predicted octanol–water partition coefficient (Wildman–Crippen LogP) is 4.09. The van der Waals surface area contributed by atoms with E-state index in [2.05, 4.69) is 15.3 Å². The molecule has 0 fully saturated rings. The molecule has 0 radical (unpaired) electrons. The molecule has 0 saturated carbocycles. The molecule has 7 nitrogen and oxygen atoms in total. The number of amides is 1. The number of esters is 1. The highest BCUT2D eigenvalue weighted by atomic mass is 35.5. The third kappa shape index (κ3) is 5.46. The molecule has 0 aliphatic heterocycles. The van der Waals surface area contributed by atoms with E-state index in [0.29, 0.717) is 5.75 Å². The van der Waals surface area contributed by atoms with Crippen molar-refractivity contribution in [3.63, 3.8) is 0 Å². The molecule has 9 heteroatoms. The maximum atomic E-state index is 12.6. The van der Waals surface area contributed by atoms with Gasteiger partial charge >= 0.3 is 12.0 Å². The maximum Gasteiger partial charge on any atom is 0.328 e. The minimum atomic E-state index is -0.931. The Morgan fingerprint density at radius 1 is 1.00 bits per heavy atom. The number of hydrogen-bond acceptors (Lipinski definition) is 6. The van der Waals surface area contributed by atoms with Crippen molar-refractivity contribution in [3.8, 4) is 11.8 Å². The van der Waals surface area contributed by atoms with Gasteiger partial charge < -0.3 is 14.8 Å². The van der Waals surface area contributed by atoms with E-state index in [0.717, 1.165) is 5.56 Å². The average molecular weight is 446 g/mol. The molecule has 1 atom stereocenters. The fourth-order valence-electron chi connectivity index (χ4n) is 2.65. The van der Waals surface area contributed by atoms with Gasteiger partial charge in [0, 0.05) is 18.8 Å². The Bertz CT molecular complexity index is 1010. The molecule has 1 amide bonds. The van der Waals surface area contributed by atoms with Crippen molar-refractivity contribution in [1.29, 1.82) is 0 Å². The second-order valence-corrected chi connectivity index (χ2v) is 6.94. The van der Waals surface area contributed by atoms with Crippen molar-refractivity contribution in [1.82, 2.24) is 15.3 Å². The number of nitrogens with zero attached hydrogens (tertiary/aromatic N) is 2. The van der Waals surface area contributed by atoms with Gasteiger partial charge in [-0.25, -0.2) is 14.8 Å². The molecule has 3 rings (SSSR count). The number of methoxy groups -OCH3 is 1. The lowest BCUT2D eigenvalue weighted by Gasteiger charge is -2.18. The summed E-state index contributed by atoms with van der Waals surface area (Å²) in [4.78, 5) is 32.8. The number of aromatic nitrogens is 2. The van der Waals surface area contributed by atoms with Crippen molar-refractivity contribution < 1.29 is 19.1 Å². The summed E-state index contributed by atoms with van der Waals surface area (Å²) in [5.74, 6) is -0.627. The first-order valence-electron chi connectivity index (χ1n) is 8.84. The van der Waals surface area contributed by atoms with Crippen molar-refractivity contribution in [2.24, 2.45) is 0 Å². The fraction of sp³-hybridized carbons (Fsp3) is 0.143. The number of nitrogens with one attached hydrogen (secondary N) is 1. The summed E-state index contributed by atoms with van der Waals surface area (Å²) < 4.78 is 10.4. The van der Waals surface area contributed by atoms with Crippen molar-refractivity contribution in [3.05, 3.63) is 82.1 Å². The first-order valence-corrected chi connectivity index (χ1v) is 9.60. The third-order valence-corrected chi connectivity index (χ3v) is 4.73. The summed E-state index contributed by atoms with van der Waals surface area (Å²) >= 11 is 12.2. The Hall–Kier alpha value is -3.16. The molecule has 30 heavy (non-hydrogen) atoms. The molecule has 1 N–H and O–H groups in total. The molecule has 0 saturated heterocycles. The maximum absolute atomic E-state index is 12.6. The molecule has 154 valence electrons. The van der Waals surface area contributed by atoms with E-state index in [1.165, 1.54) is 7.11 Å². The van der Waals surface area contributed by atoms with Gasteiger partial charge in [-0.2, -0.15) is 0 Å². The van der Waals surface area contributed by atoms with Gasteiger partial charge in [0.1, 0.15) is 11.8 Å². The molecular formula is C21H17Cl2N3O4. The Morgan fingerprint density at radius 2 is 1.63 bits per heavy atom. The molecular weight excluding hydrogens is 429 g/mol. The van der Waals surface area contributed by atoms with Crippen LogP contribution >= 0.6 is 23.2 Å². The molecule has 2 aromatic carbocycles. The number of rotatable bonds is 7. The van der Waals surface area contributed by atoms with Gasteiger partial charge in [-0.15, -0.1) is 0 Å². The number of benzene rings is 2. The largest absolute Gasteiger partial charge is 0.467 e. The van der Waals surface area contributed by atoms with Gasteiger partial charge in [-0.1, -0.05) is 41.4 Å². The van der Waals surface area contributed by atoms with E-state index in [1.807, 2.05) is 0 Å². The van der Waals surface area contributed by atoms with Crippen molar-refractivity contribution in [2.75, 3.05) is 7.11 Å². The van der Waals surface area contributed by atoms with Crippen LogP contribution in [0.15, 0.2) is 60.9 Å². The summed E-state index contributed by atoms with van der Waals surface area (Å²) in [6.07, 6.45) is 3.35. The molecule has 0 aliphatic rings. The van der Waals surface area contributed by atoms with E-state index in [9.17, 15) is 9.59 Å². The Labute approximate surface area is 183 Å². The molecule has 3 aromatic rings. The summed E-state index contributed by atoms with van der Waals surface area (Å²) in [7, 11) is 1.25. The summed E-state index contributed by atoms with van der Waals surface area (Å²) in [6.45, 7) is 0. The van der Waals surface area contributed by atoms with Crippen LogP contribution in [0.5, 0.6) is 11.8 Å². The Kier molecular flexibility index (Phi) is 7.21. The second-order valence-electron chi connectivity index (χ2n) is 6.13. The SMILES string of the molecule is COC(=O)C(Cc1ccc(Oc2ncccn2)cc1)NC(=O)c1c(Cl)cccc1Cl. The normalized spacial score (nSPS) is 11.4. The van der Waals surface area contributed by atoms with Crippen LogP contribution < -0.4 is 10.1 Å². The van der Waals surface area contributed by atoms with E-state index in [4.69, 9.17) is 32.7 Å². The van der Waals surface area contributed by atoms with Crippen LogP contribution in [-0.2, 0) is 16.0 Å². The molecule has 0 spiro atoms. The zero-order valence-corrected chi connectivity index (χ0v) is 17.4. The quantitative estimate of drug-likeness (QED) is 0.550. The minimum Gasteiger partial charge on any atom is -0.467 e. The van der Waals surface area contributed by atoms with Crippen LogP contribution in [0.1, 0.15) is 15.9 Å². The minimum absolute atomic E-state index is 0.0985. The van der Waals surface area contributed by atoms with Gasteiger partial charge in [0.05, 0.1) is 22.7 Å². The second kappa shape index (κ2) is 10.0. The van der Waals surface area contributed by atoms with Gasteiger partial charge in [0.25, 0.3) is 5.91 Å². The van der Waals surface area contributed by atoms with Crippen molar-refractivity contribution in [2.45, 2.75) is 12.5 Å². The molecule has 1 unspecified atom stereocenters. The van der Waals surface area contributed by atoms with Crippen LogP contribution in [-0.4, -0.2) is 35.0 Å². The van der Waals surface area contributed by atoms with Crippen LogP contribution in [0, 0.1) is 0 Å². The fourth-order valence-corrected chi connectivity index (χ4v) is 3.22. The lowest BCUT2D eigenvalue weighted by atomic mass is 10.0. The predicted molar refractivity (Wildman–Crippen MR) is 112 cm³/mol. The first kappa shape index (κ1) is 21.5. The van der Waals surface area contributed by atoms with Crippen LogP contribution in [0.2, 0.25) is 10.0 Å². The van der Waals surface area contributed by atoms with Gasteiger partial charge in [-0.3, -0.25) is 4.79 Å². The molecule has 1 aromatic heterocycles. The van der Waals surface area contributed by atoms with E-state index < -0.39 is 17.9 Å². The monoisotopic (exact) mass is 445 g/mol. The van der Waals surface area contributed by atoms with E-state index in [1.54, 1.807) is 60.9 Å². The van der Waals surface area contributed by atoms with Crippen LogP contribution in [0.4, 0.5) is 0 Å². The zero-order valence-electron chi connectivity index (χ0n) is 15.8. The van der Waals surface area contributed by atoms with E-state index in [-0.39, 0.29) is 28.0 Å². The lowest BCUT2D eigenvalue weighted by molar-refractivity contribution is -0.142. The topological polar surface area (TPSA) is 90.4 Å². The first-order chi connectivity index (χ1) is 14.5. The summed E-state index contributed by atoms with van der Waals surface area (Å²) in [6, 6.07) is 12.7. The van der Waals surface area contributed by atoms with Crippen LogP contribution in [0.3, 0.4) is 0 Å². The standard InChI is InChI=1S/C21H17Cl2N3O4/c1-29-20(28)17(26-19(27)18-15(22)4-2-5-16(18)23)12-13-6-8-14(9-7-13)30-21-24-10-3-11-25-21/h2-11,17H,12H2,1H3,(H,26,27). The highest BCUT2D eigenvalue weighted by Gasteiger charge is 2.25. The average Bonchev–Trinajstić information content (AvgIpc) is 2.74. The highest BCUT2D eigenvalue weighted by molar-refractivity contribution is 6.39. The van der Waals surface area contributed by atoms with Crippen molar-refractivity contribution >= 4 is 35.1 Å². The van der Waals surface area contributed by atoms with E-state index >= 15 is 0 Å². The lowest BCUT2D eigenvalue weighted by Crippen LogP contribution is -2.43. The number of carbonyl (C=O) groups is 2. The molecule has 1 heterocycles. The number of carbonyl (C=O) groups excluding carboxylic acids is 2. The van der Waals surface area contributed by atoms with Gasteiger partial charge in [0.2, 0.25) is 0 Å². The summed E-state index contributed by atoms with van der Waals surface area (Å²) in [5, 5.41) is 3.01. The highest BCUT2D eigenvalue weighted by Crippen LogP contribution is 2.24. The summed E-state index contributed by atoms with van der Waals surface area (Å²) in [5.41, 5.74) is 0.874. The number of hydrogen-bond donors (Lipinski definition) is 1. The Balaban J connectivity index is 1.72. The van der Waals surface area contributed by atoms with Gasteiger partial charge in [0.15, 0.2) is 0 Å². The molecule has 0 aliphatic carbocycles. The van der Waals surface area contributed by atoms with Gasteiger partial charge in [-0.05, 0) is 35.9 Å². The number of halogens is 2. The third-order valence-electron chi connectivity index (χ3n) is 4.10. The molecule has 0 bridgehead atoms. The van der Waals surface area contributed by atoms with Crippen LogP contribution in [0.25, 0.3) is 0 Å². The Morgan fingerprint density at radius 3 is 2.23 bits per heavy atom. The zero-order chi connectivity index (χ0) is 21.5. The number of ether oxygens (including phenoxy) is 2.